The van der Waals surface area contributed by atoms with Gasteiger partial charge in [-0.05, 0) is 36.1 Å². The molecule has 23 heavy (non-hydrogen) atoms. The standard InChI is InChI=1S/C15H24N6OS/c1-11(2)9-21-14(18-19-20-21)23-12(3)13(22)17-15(10-16)7-5-4-6-8-15/h11-12H,4-9H2,1-3H3,(H,17,22)/t12-/m0/s1. The highest BCUT2D eigenvalue weighted by molar-refractivity contribution is 8.00. The number of carbonyl (C=O) groups excluding carboxylic acids is 1. The third-order valence-corrected chi connectivity index (χ3v) is 5.04. The molecule has 0 aliphatic heterocycles. The van der Waals surface area contributed by atoms with Gasteiger partial charge in [0.1, 0.15) is 5.54 Å². The van der Waals surface area contributed by atoms with Gasteiger partial charge in [-0.3, -0.25) is 4.79 Å². The topological polar surface area (TPSA) is 96.5 Å². The fourth-order valence-electron chi connectivity index (χ4n) is 2.71. The molecule has 1 aliphatic rings. The number of nitriles is 1. The van der Waals surface area contributed by atoms with Crippen molar-refractivity contribution in [3.05, 3.63) is 0 Å². The molecule has 0 saturated heterocycles. The molecule has 7 nitrogen and oxygen atoms in total. The molecule has 2 rings (SSSR count). The Bertz CT molecular complexity index is 573. The first-order valence-electron chi connectivity index (χ1n) is 8.12. The highest BCUT2D eigenvalue weighted by atomic mass is 32.2. The molecular weight excluding hydrogens is 312 g/mol. The second kappa shape index (κ2) is 7.77. The summed E-state index contributed by atoms with van der Waals surface area (Å²) in [5, 5.41) is 24.4. The quantitative estimate of drug-likeness (QED) is 0.800. The lowest BCUT2D eigenvalue weighted by Crippen LogP contribution is -2.51. The molecule has 1 N–H and O–H groups in total. The number of hydrogen-bond acceptors (Lipinski definition) is 6. The first-order valence-corrected chi connectivity index (χ1v) is 9.00. The zero-order valence-electron chi connectivity index (χ0n) is 13.9. The van der Waals surface area contributed by atoms with E-state index < -0.39 is 5.54 Å². The van der Waals surface area contributed by atoms with Crippen molar-refractivity contribution < 1.29 is 4.79 Å². The van der Waals surface area contributed by atoms with Crippen molar-refractivity contribution in [2.75, 3.05) is 0 Å². The van der Waals surface area contributed by atoms with Gasteiger partial charge in [-0.2, -0.15) is 5.26 Å². The number of thioether (sulfide) groups is 1. The van der Waals surface area contributed by atoms with Crippen LogP contribution in [0.5, 0.6) is 0 Å². The molecule has 1 saturated carbocycles. The van der Waals surface area contributed by atoms with Crippen LogP contribution in [0.3, 0.4) is 0 Å². The molecule has 1 amide bonds. The van der Waals surface area contributed by atoms with Crippen LogP contribution >= 0.6 is 11.8 Å². The third kappa shape index (κ3) is 4.67. The van der Waals surface area contributed by atoms with Crippen LogP contribution in [0.25, 0.3) is 0 Å². The zero-order chi connectivity index (χ0) is 16.9. The van der Waals surface area contributed by atoms with E-state index in [2.05, 4.69) is 40.8 Å². The molecule has 126 valence electrons. The van der Waals surface area contributed by atoms with Gasteiger partial charge in [0.25, 0.3) is 0 Å². The van der Waals surface area contributed by atoms with Crippen molar-refractivity contribution in [2.45, 2.75) is 75.4 Å². The maximum atomic E-state index is 12.5. The van der Waals surface area contributed by atoms with Crippen molar-refractivity contribution >= 4 is 17.7 Å². The number of hydrogen-bond donors (Lipinski definition) is 1. The van der Waals surface area contributed by atoms with Gasteiger partial charge in [0, 0.05) is 6.54 Å². The summed E-state index contributed by atoms with van der Waals surface area (Å²) < 4.78 is 1.72. The second-order valence-corrected chi connectivity index (χ2v) is 7.85. The first kappa shape index (κ1) is 17.7. The third-order valence-electron chi connectivity index (χ3n) is 3.97. The first-order chi connectivity index (χ1) is 11.0. The Morgan fingerprint density at radius 2 is 2.09 bits per heavy atom. The predicted octanol–water partition coefficient (Wildman–Crippen LogP) is 2.15. The SMILES string of the molecule is CC(C)Cn1nnnc1S[C@@H](C)C(=O)NC1(C#N)CCCCC1. The summed E-state index contributed by atoms with van der Waals surface area (Å²) in [5.41, 5.74) is -0.700. The molecular formula is C15H24N6OS. The van der Waals surface area contributed by atoms with Gasteiger partial charge in [0.05, 0.1) is 11.3 Å². The lowest BCUT2D eigenvalue weighted by molar-refractivity contribution is -0.121. The van der Waals surface area contributed by atoms with Crippen LogP contribution in [0.15, 0.2) is 5.16 Å². The van der Waals surface area contributed by atoms with Gasteiger partial charge in [0.2, 0.25) is 11.1 Å². The van der Waals surface area contributed by atoms with Crippen LogP contribution in [0.2, 0.25) is 0 Å². The highest BCUT2D eigenvalue weighted by Crippen LogP contribution is 2.29. The Morgan fingerprint density at radius 1 is 1.39 bits per heavy atom. The van der Waals surface area contributed by atoms with E-state index in [-0.39, 0.29) is 11.2 Å². The van der Waals surface area contributed by atoms with Gasteiger partial charge in [0.15, 0.2) is 0 Å². The fourth-order valence-corrected chi connectivity index (χ4v) is 3.51. The molecule has 1 aromatic heterocycles. The van der Waals surface area contributed by atoms with Gasteiger partial charge in [-0.1, -0.05) is 44.9 Å². The zero-order valence-corrected chi connectivity index (χ0v) is 14.8. The number of amides is 1. The number of tetrazole rings is 1. The Balaban J connectivity index is 1.97. The molecule has 0 radical (unpaired) electrons. The number of rotatable bonds is 6. The van der Waals surface area contributed by atoms with Crippen molar-refractivity contribution in [2.24, 2.45) is 5.92 Å². The van der Waals surface area contributed by atoms with E-state index in [1.807, 2.05) is 6.92 Å². The molecule has 1 atom stereocenters. The molecule has 0 unspecified atom stereocenters. The molecule has 1 aliphatic carbocycles. The van der Waals surface area contributed by atoms with Crippen molar-refractivity contribution in [3.63, 3.8) is 0 Å². The van der Waals surface area contributed by atoms with E-state index >= 15 is 0 Å². The minimum absolute atomic E-state index is 0.127. The molecule has 1 aromatic rings. The highest BCUT2D eigenvalue weighted by Gasteiger charge is 2.35. The predicted molar refractivity (Wildman–Crippen MR) is 87.5 cm³/mol. The van der Waals surface area contributed by atoms with Crippen molar-refractivity contribution in [3.8, 4) is 6.07 Å². The summed E-state index contributed by atoms with van der Waals surface area (Å²) in [6.07, 6.45) is 4.58. The number of nitrogens with one attached hydrogen (secondary N) is 1. The van der Waals surface area contributed by atoms with E-state index in [0.29, 0.717) is 17.6 Å². The Morgan fingerprint density at radius 3 is 2.70 bits per heavy atom. The van der Waals surface area contributed by atoms with Gasteiger partial charge in [-0.25, -0.2) is 4.68 Å². The van der Waals surface area contributed by atoms with E-state index in [9.17, 15) is 10.1 Å². The van der Waals surface area contributed by atoms with Crippen LogP contribution in [-0.4, -0.2) is 36.9 Å². The Hall–Kier alpha value is -1.62. The largest absolute Gasteiger partial charge is 0.337 e. The minimum Gasteiger partial charge on any atom is -0.337 e. The normalized spacial score (nSPS) is 18.4. The van der Waals surface area contributed by atoms with Gasteiger partial charge < -0.3 is 5.32 Å². The minimum atomic E-state index is -0.700. The molecule has 0 bridgehead atoms. The summed E-state index contributed by atoms with van der Waals surface area (Å²) in [6, 6.07) is 2.31. The number of carbonyl (C=O) groups is 1. The Kier molecular flexibility index (Phi) is 5.99. The molecule has 1 fully saturated rings. The molecule has 0 spiro atoms. The van der Waals surface area contributed by atoms with E-state index in [1.165, 1.54) is 11.8 Å². The van der Waals surface area contributed by atoms with E-state index in [4.69, 9.17) is 0 Å². The van der Waals surface area contributed by atoms with Crippen LogP contribution in [0, 0.1) is 17.2 Å². The molecule has 0 aromatic carbocycles. The van der Waals surface area contributed by atoms with Crippen LogP contribution in [0.1, 0.15) is 52.9 Å². The number of nitrogens with zero attached hydrogens (tertiary/aromatic N) is 5. The smallest absolute Gasteiger partial charge is 0.234 e. The Labute approximate surface area is 141 Å². The van der Waals surface area contributed by atoms with Crippen LogP contribution < -0.4 is 5.32 Å². The maximum absolute atomic E-state index is 12.5. The second-order valence-electron chi connectivity index (χ2n) is 6.54. The van der Waals surface area contributed by atoms with Gasteiger partial charge >= 0.3 is 0 Å². The van der Waals surface area contributed by atoms with Crippen molar-refractivity contribution in [1.82, 2.24) is 25.5 Å². The number of aromatic nitrogens is 4. The lowest BCUT2D eigenvalue weighted by Gasteiger charge is -2.32. The summed E-state index contributed by atoms with van der Waals surface area (Å²) in [7, 11) is 0. The average Bonchev–Trinajstić information content (AvgIpc) is 2.94. The van der Waals surface area contributed by atoms with E-state index in [0.717, 1.165) is 32.1 Å². The van der Waals surface area contributed by atoms with E-state index in [1.54, 1.807) is 4.68 Å². The monoisotopic (exact) mass is 336 g/mol. The van der Waals surface area contributed by atoms with Crippen molar-refractivity contribution in [1.29, 1.82) is 5.26 Å². The summed E-state index contributed by atoms with van der Waals surface area (Å²) in [4.78, 5) is 12.5. The molecule has 8 heteroatoms. The van der Waals surface area contributed by atoms with Crippen LogP contribution in [-0.2, 0) is 11.3 Å². The summed E-state index contributed by atoms with van der Waals surface area (Å²) in [6.45, 7) is 6.71. The fraction of sp³-hybridized carbons (Fsp3) is 0.800. The maximum Gasteiger partial charge on any atom is 0.234 e. The average molecular weight is 336 g/mol. The summed E-state index contributed by atoms with van der Waals surface area (Å²) in [5.74, 6) is 0.295. The lowest BCUT2D eigenvalue weighted by atomic mass is 9.83. The molecule has 1 heterocycles. The summed E-state index contributed by atoms with van der Waals surface area (Å²) >= 11 is 1.33. The van der Waals surface area contributed by atoms with Gasteiger partial charge in [-0.15, -0.1) is 5.10 Å². The van der Waals surface area contributed by atoms with Crippen LogP contribution in [0.4, 0.5) is 0 Å².